The average Bonchev–Trinajstić information content (AvgIpc) is 2.84. The van der Waals surface area contributed by atoms with Crippen molar-refractivity contribution in [3.05, 3.63) is 36.0 Å². The van der Waals surface area contributed by atoms with Gasteiger partial charge in [0.15, 0.2) is 11.5 Å². The first-order valence-corrected chi connectivity index (χ1v) is 6.35. The standard InChI is InChI=1S/C13H14N6O/c1-8-6-17-19(7-8)12-9(4-11(12)20)18-13-10(5-14)15-2-3-16-13/h2-3,6-7,9,11-12,20H,4H2,1H3,(H,16,18)/t9-,11+,12+/m0/s1. The molecule has 102 valence electrons. The van der Waals surface area contributed by atoms with E-state index in [1.807, 2.05) is 19.2 Å². The second kappa shape index (κ2) is 4.90. The summed E-state index contributed by atoms with van der Waals surface area (Å²) in [4.78, 5) is 8.08. The smallest absolute Gasteiger partial charge is 0.182 e. The van der Waals surface area contributed by atoms with E-state index in [0.717, 1.165) is 5.56 Å². The van der Waals surface area contributed by atoms with Gasteiger partial charge in [0.25, 0.3) is 0 Å². The fourth-order valence-electron chi connectivity index (χ4n) is 2.41. The molecule has 1 aliphatic rings. The van der Waals surface area contributed by atoms with Gasteiger partial charge in [-0.3, -0.25) is 4.68 Å². The van der Waals surface area contributed by atoms with Gasteiger partial charge in [-0.1, -0.05) is 0 Å². The van der Waals surface area contributed by atoms with Crippen LogP contribution in [0.1, 0.15) is 23.7 Å². The molecular formula is C13H14N6O. The Morgan fingerprint density at radius 3 is 2.90 bits per heavy atom. The summed E-state index contributed by atoms with van der Waals surface area (Å²) in [5.41, 5.74) is 1.30. The highest BCUT2D eigenvalue weighted by molar-refractivity contribution is 5.48. The van der Waals surface area contributed by atoms with Crippen molar-refractivity contribution in [2.24, 2.45) is 0 Å². The predicted octanol–water partition coefficient (Wildman–Crippen LogP) is 0.640. The van der Waals surface area contributed by atoms with Crippen molar-refractivity contribution in [1.29, 1.82) is 5.26 Å². The molecule has 0 aliphatic heterocycles. The number of nitrogens with zero attached hydrogens (tertiary/aromatic N) is 5. The lowest BCUT2D eigenvalue weighted by Crippen LogP contribution is -2.51. The van der Waals surface area contributed by atoms with E-state index in [9.17, 15) is 5.11 Å². The van der Waals surface area contributed by atoms with Crippen LogP contribution < -0.4 is 5.32 Å². The molecule has 0 aromatic carbocycles. The summed E-state index contributed by atoms with van der Waals surface area (Å²) in [6.45, 7) is 1.95. The van der Waals surface area contributed by atoms with Gasteiger partial charge in [-0.25, -0.2) is 9.97 Å². The molecule has 0 amide bonds. The van der Waals surface area contributed by atoms with E-state index in [2.05, 4.69) is 20.4 Å². The predicted molar refractivity (Wildman–Crippen MR) is 70.8 cm³/mol. The number of aryl methyl sites for hydroxylation is 1. The van der Waals surface area contributed by atoms with Crippen molar-refractivity contribution < 1.29 is 5.11 Å². The van der Waals surface area contributed by atoms with E-state index in [1.165, 1.54) is 12.4 Å². The summed E-state index contributed by atoms with van der Waals surface area (Å²) in [6, 6.07) is 1.82. The highest BCUT2D eigenvalue weighted by Gasteiger charge is 2.42. The molecular weight excluding hydrogens is 256 g/mol. The van der Waals surface area contributed by atoms with Crippen LogP contribution in [0.25, 0.3) is 0 Å². The molecule has 3 atom stereocenters. The summed E-state index contributed by atoms with van der Waals surface area (Å²) in [5.74, 6) is 0.445. The molecule has 2 heterocycles. The molecule has 2 N–H and O–H groups in total. The van der Waals surface area contributed by atoms with Crippen molar-refractivity contribution in [2.45, 2.75) is 31.5 Å². The zero-order valence-corrected chi connectivity index (χ0v) is 10.9. The number of hydrogen-bond donors (Lipinski definition) is 2. The minimum Gasteiger partial charge on any atom is -0.391 e. The zero-order valence-electron chi connectivity index (χ0n) is 10.9. The molecule has 1 aliphatic carbocycles. The van der Waals surface area contributed by atoms with Crippen molar-refractivity contribution in [1.82, 2.24) is 19.7 Å². The Bertz CT molecular complexity index is 661. The molecule has 0 saturated heterocycles. The lowest BCUT2D eigenvalue weighted by Gasteiger charge is -2.42. The maximum Gasteiger partial charge on any atom is 0.182 e. The minimum atomic E-state index is -0.450. The Morgan fingerprint density at radius 2 is 2.25 bits per heavy atom. The maximum atomic E-state index is 9.94. The summed E-state index contributed by atoms with van der Waals surface area (Å²) in [7, 11) is 0. The van der Waals surface area contributed by atoms with Gasteiger partial charge in [-0.15, -0.1) is 0 Å². The van der Waals surface area contributed by atoms with Crippen molar-refractivity contribution in [2.75, 3.05) is 5.32 Å². The number of nitriles is 1. The van der Waals surface area contributed by atoms with E-state index in [-0.39, 0.29) is 17.8 Å². The van der Waals surface area contributed by atoms with Gasteiger partial charge in [-0.2, -0.15) is 10.4 Å². The fraction of sp³-hybridized carbons (Fsp3) is 0.385. The Balaban J connectivity index is 1.80. The quantitative estimate of drug-likeness (QED) is 0.849. The van der Waals surface area contributed by atoms with Crippen LogP contribution in [-0.4, -0.2) is 37.0 Å². The first kappa shape index (κ1) is 12.6. The third kappa shape index (κ3) is 2.10. The third-order valence-corrected chi connectivity index (χ3v) is 3.46. The van der Waals surface area contributed by atoms with Gasteiger partial charge in [0.05, 0.1) is 24.4 Å². The normalized spacial score (nSPS) is 24.8. The Morgan fingerprint density at radius 1 is 1.45 bits per heavy atom. The molecule has 0 spiro atoms. The highest BCUT2D eigenvalue weighted by Crippen LogP contribution is 2.34. The lowest BCUT2D eigenvalue weighted by molar-refractivity contribution is 0.0132. The Kier molecular flexibility index (Phi) is 3.08. The second-order valence-electron chi connectivity index (χ2n) is 4.91. The first-order valence-electron chi connectivity index (χ1n) is 6.35. The molecule has 0 unspecified atom stereocenters. The third-order valence-electron chi connectivity index (χ3n) is 3.46. The van der Waals surface area contributed by atoms with Crippen molar-refractivity contribution in [3.63, 3.8) is 0 Å². The highest BCUT2D eigenvalue weighted by atomic mass is 16.3. The van der Waals surface area contributed by atoms with Gasteiger partial charge >= 0.3 is 0 Å². The Hall–Kier alpha value is -2.46. The fourth-order valence-corrected chi connectivity index (χ4v) is 2.41. The zero-order chi connectivity index (χ0) is 14.1. The van der Waals surface area contributed by atoms with E-state index in [1.54, 1.807) is 10.9 Å². The van der Waals surface area contributed by atoms with Crippen LogP contribution in [-0.2, 0) is 0 Å². The molecule has 7 nitrogen and oxygen atoms in total. The maximum absolute atomic E-state index is 9.94. The number of aromatic nitrogens is 4. The summed E-state index contributed by atoms with van der Waals surface area (Å²) in [5, 5.41) is 26.4. The van der Waals surface area contributed by atoms with Crippen LogP contribution in [0.4, 0.5) is 5.82 Å². The SMILES string of the molecule is Cc1cnn([C@H]2[C@H](O)C[C@@H]2Nc2nccnc2C#N)c1. The molecule has 2 aromatic rings. The van der Waals surface area contributed by atoms with Gasteiger partial charge < -0.3 is 10.4 Å². The monoisotopic (exact) mass is 270 g/mol. The van der Waals surface area contributed by atoms with Gasteiger partial charge in [0.1, 0.15) is 6.07 Å². The minimum absolute atomic E-state index is 0.0203. The van der Waals surface area contributed by atoms with Crippen molar-refractivity contribution >= 4 is 5.82 Å². The topological polar surface area (TPSA) is 99.7 Å². The van der Waals surface area contributed by atoms with E-state index in [4.69, 9.17) is 5.26 Å². The van der Waals surface area contributed by atoms with Crippen LogP contribution >= 0.6 is 0 Å². The first-order chi connectivity index (χ1) is 9.69. The molecule has 1 saturated carbocycles. The lowest BCUT2D eigenvalue weighted by atomic mass is 9.83. The van der Waals surface area contributed by atoms with Gasteiger partial charge in [0.2, 0.25) is 0 Å². The summed E-state index contributed by atoms with van der Waals surface area (Å²) in [6.07, 6.45) is 6.80. The van der Waals surface area contributed by atoms with E-state index >= 15 is 0 Å². The molecule has 20 heavy (non-hydrogen) atoms. The number of rotatable bonds is 3. The Labute approximate surface area is 115 Å². The molecule has 2 aromatic heterocycles. The van der Waals surface area contributed by atoms with E-state index in [0.29, 0.717) is 12.2 Å². The number of aliphatic hydroxyl groups is 1. The van der Waals surface area contributed by atoms with Gasteiger partial charge in [0, 0.05) is 18.6 Å². The van der Waals surface area contributed by atoms with Crippen LogP contribution in [0.5, 0.6) is 0 Å². The molecule has 3 rings (SSSR count). The molecule has 0 radical (unpaired) electrons. The number of nitrogens with one attached hydrogen (secondary N) is 1. The van der Waals surface area contributed by atoms with Crippen LogP contribution in [0, 0.1) is 18.3 Å². The number of hydrogen-bond acceptors (Lipinski definition) is 6. The average molecular weight is 270 g/mol. The van der Waals surface area contributed by atoms with Crippen LogP contribution in [0.2, 0.25) is 0 Å². The van der Waals surface area contributed by atoms with E-state index < -0.39 is 6.10 Å². The number of aliphatic hydroxyl groups excluding tert-OH is 1. The van der Waals surface area contributed by atoms with Crippen molar-refractivity contribution in [3.8, 4) is 6.07 Å². The molecule has 1 fully saturated rings. The number of anilines is 1. The van der Waals surface area contributed by atoms with Gasteiger partial charge in [-0.05, 0) is 18.9 Å². The largest absolute Gasteiger partial charge is 0.391 e. The second-order valence-corrected chi connectivity index (χ2v) is 4.91. The molecule has 0 bridgehead atoms. The van der Waals surface area contributed by atoms with Crippen LogP contribution in [0.15, 0.2) is 24.8 Å². The molecule has 7 heteroatoms. The van der Waals surface area contributed by atoms with Crippen LogP contribution in [0.3, 0.4) is 0 Å². The summed E-state index contributed by atoms with van der Waals surface area (Å²) < 4.78 is 1.75. The summed E-state index contributed by atoms with van der Waals surface area (Å²) >= 11 is 0.